The lowest BCUT2D eigenvalue weighted by molar-refractivity contribution is -0.130. The Morgan fingerprint density at radius 2 is 1.76 bits per heavy atom. The summed E-state index contributed by atoms with van der Waals surface area (Å²) in [6, 6.07) is 23.0. The first-order valence-electron chi connectivity index (χ1n) is 15.8. The number of fused-ring (bicyclic) bond motifs is 1. The van der Waals surface area contributed by atoms with Crippen LogP contribution in [0.3, 0.4) is 0 Å². The maximum atomic E-state index is 13.1. The van der Waals surface area contributed by atoms with Crippen LogP contribution in [0.15, 0.2) is 85.1 Å². The number of amides is 2. The second-order valence-electron chi connectivity index (χ2n) is 11.8. The molecule has 0 aliphatic carbocycles. The molecule has 2 heterocycles. The van der Waals surface area contributed by atoms with Crippen molar-refractivity contribution < 1.29 is 24.2 Å². The minimum atomic E-state index is -0.110. The summed E-state index contributed by atoms with van der Waals surface area (Å²) in [6.45, 7) is 9.55. The van der Waals surface area contributed by atoms with Gasteiger partial charge in [0, 0.05) is 62.5 Å². The van der Waals surface area contributed by atoms with E-state index in [4.69, 9.17) is 9.47 Å². The molecule has 0 saturated carbocycles. The highest BCUT2D eigenvalue weighted by molar-refractivity contribution is 5.81. The molecule has 0 spiro atoms. The summed E-state index contributed by atoms with van der Waals surface area (Å²) in [6.07, 6.45) is 4.04. The van der Waals surface area contributed by atoms with E-state index >= 15 is 0 Å². The molecule has 45 heavy (non-hydrogen) atoms. The molecule has 0 unspecified atom stereocenters. The van der Waals surface area contributed by atoms with Crippen molar-refractivity contribution in [2.24, 2.45) is 5.92 Å². The number of hydrogen-bond donors (Lipinski definition) is 3. The summed E-state index contributed by atoms with van der Waals surface area (Å²) in [5.41, 5.74) is 4.10. The molecule has 9 heteroatoms. The Balaban J connectivity index is 1.26. The molecule has 3 aromatic rings. The van der Waals surface area contributed by atoms with E-state index < -0.39 is 0 Å². The Bertz CT molecular complexity index is 1450. The van der Waals surface area contributed by atoms with Gasteiger partial charge in [0.15, 0.2) is 11.5 Å². The number of aromatic hydroxyl groups is 1. The number of carbonyl (C=O) groups is 2. The first kappa shape index (κ1) is 31.8. The van der Waals surface area contributed by atoms with Crippen molar-refractivity contribution in [3.05, 3.63) is 96.2 Å². The van der Waals surface area contributed by atoms with Crippen LogP contribution < -0.4 is 20.1 Å². The van der Waals surface area contributed by atoms with Crippen LogP contribution in [0.1, 0.15) is 37.3 Å². The van der Waals surface area contributed by atoms with Gasteiger partial charge in [0.25, 0.3) is 0 Å². The third-order valence-corrected chi connectivity index (χ3v) is 8.66. The fourth-order valence-corrected chi connectivity index (χ4v) is 6.06. The Kier molecular flexibility index (Phi) is 10.8. The molecule has 2 aliphatic rings. The van der Waals surface area contributed by atoms with E-state index in [2.05, 4.69) is 40.3 Å². The Labute approximate surface area is 265 Å². The average molecular weight is 613 g/mol. The number of phenols is 1. The van der Waals surface area contributed by atoms with E-state index in [9.17, 15) is 14.7 Å². The van der Waals surface area contributed by atoms with Gasteiger partial charge in [-0.1, -0.05) is 49.0 Å². The molecular weight excluding hydrogens is 568 g/mol. The fraction of sp³-hybridized carbons (Fsp3) is 0.389. The van der Waals surface area contributed by atoms with E-state index in [0.29, 0.717) is 18.0 Å². The van der Waals surface area contributed by atoms with Gasteiger partial charge >= 0.3 is 0 Å². The highest BCUT2D eigenvalue weighted by atomic mass is 16.7. The van der Waals surface area contributed by atoms with Crippen LogP contribution in [0.5, 0.6) is 17.2 Å². The van der Waals surface area contributed by atoms with Crippen LogP contribution >= 0.6 is 0 Å². The molecule has 3 N–H and O–H groups in total. The van der Waals surface area contributed by atoms with Gasteiger partial charge in [-0.3, -0.25) is 9.59 Å². The lowest BCUT2D eigenvalue weighted by atomic mass is 9.92. The van der Waals surface area contributed by atoms with Gasteiger partial charge in [0.05, 0.1) is 6.54 Å². The number of ether oxygens (including phenoxy) is 2. The van der Waals surface area contributed by atoms with Crippen LogP contribution in [0.2, 0.25) is 0 Å². The summed E-state index contributed by atoms with van der Waals surface area (Å²) in [7, 11) is 0. The third-order valence-electron chi connectivity index (χ3n) is 8.66. The number of likely N-dealkylation sites (tertiary alicyclic amines) is 1. The highest BCUT2D eigenvalue weighted by Gasteiger charge is 2.26. The van der Waals surface area contributed by atoms with E-state index in [1.165, 1.54) is 0 Å². The summed E-state index contributed by atoms with van der Waals surface area (Å²) < 4.78 is 11.1. The predicted octanol–water partition coefficient (Wildman–Crippen LogP) is 4.97. The number of phenolic OH excluding ortho intramolecular Hbond substituents is 1. The Morgan fingerprint density at radius 3 is 2.51 bits per heavy atom. The van der Waals surface area contributed by atoms with Crippen molar-refractivity contribution in [3.63, 3.8) is 0 Å². The summed E-state index contributed by atoms with van der Waals surface area (Å²) in [5.74, 6) is 2.01. The number of piperidine rings is 1. The van der Waals surface area contributed by atoms with Gasteiger partial charge in [-0.05, 0) is 67.5 Å². The normalized spacial score (nSPS) is 14.9. The van der Waals surface area contributed by atoms with Gasteiger partial charge < -0.3 is 35.0 Å². The maximum Gasteiger partial charge on any atom is 0.239 e. The highest BCUT2D eigenvalue weighted by Crippen LogP contribution is 2.33. The van der Waals surface area contributed by atoms with Crippen LogP contribution in [0.4, 0.5) is 5.69 Å². The molecular formula is C36H44N4O5. The van der Waals surface area contributed by atoms with Crippen LogP contribution in [-0.4, -0.2) is 72.3 Å². The molecule has 9 nitrogen and oxygen atoms in total. The van der Waals surface area contributed by atoms with Gasteiger partial charge in [-0.2, -0.15) is 0 Å². The van der Waals surface area contributed by atoms with E-state index in [1.54, 1.807) is 25.1 Å². The zero-order valence-corrected chi connectivity index (χ0v) is 26.0. The molecule has 238 valence electrons. The van der Waals surface area contributed by atoms with E-state index in [0.717, 1.165) is 80.2 Å². The van der Waals surface area contributed by atoms with Gasteiger partial charge in [-0.15, -0.1) is 0 Å². The van der Waals surface area contributed by atoms with Gasteiger partial charge in [0.2, 0.25) is 18.6 Å². The first-order valence-corrected chi connectivity index (χ1v) is 15.8. The standard InChI is InChI=1S/C36H44N4O5/c1-26(30-14-18-40(19-15-30)27(2)41)39(17-13-29-11-12-34-35(22-29)45-25-44-34)20-16-32(21-28-7-4-3-5-8-28)38-36(43)24-37-31-9-6-10-33(42)23-31/h3-12,22-23,30,32,37,42H,1,13-21,24-25H2,2H3,(H,38,43)/t32-/m1/s1. The zero-order chi connectivity index (χ0) is 31.6. The van der Waals surface area contributed by atoms with Gasteiger partial charge in [0.1, 0.15) is 5.75 Å². The minimum absolute atomic E-state index is 0.0914. The third kappa shape index (κ3) is 9.17. The maximum absolute atomic E-state index is 13.1. The lowest BCUT2D eigenvalue weighted by Crippen LogP contribution is -2.43. The molecule has 0 bridgehead atoms. The summed E-state index contributed by atoms with van der Waals surface area (Å²) in [4.78, 5) is 29.3. The number of hydrogen-bond acceptors (Lipinski definition) is 7. The number of rotatable bonds is 14. The number of allylic oxidation sites excluding steroid dienone is 1. The summed E-state index contributed by atoms with van der Waals surface area (Å²) in [5, 5.41) is 16.1. The predicted molar refractivity (Wildman–Crippen MR) is 175 cm³/mol. The topological polar surface area (TPSA) is 103 Å². The first-order chi connectivity index (χ1) is 21.8. The molecule has 2 aliphatic heterocycles. The quantitative estimate of drug-likeness (QED) is 0.236. The zero-order valence-electron chi connectivity index (χ0n) is 26.0. The van der Waals surface area contributed by atoms with Crippen LogP contribution in [-0.2, 0) is 22.4 Å². The van der Waals surface area contributed by atoms with Crippen molar-refractivity contribution in [3.8, 4) is 17.2 Å². The van der Waals surface area contributed by atoms with Crippen molar-refractivity contribution in [2.75, 3.05) is 44.8 Å². The Hall–Kier alpha value is -4.66. The van der Waals surface area contributed by atoms with Crippen molar-refractivity contribution in [1.82, 2.24) is 15.1 Å². The van der Waals surface area contributed by atoms with Gasteiger partial charge in [-0.25, -0.2) is 0 Å². The molecule has 1 atom stereocenters. The number of anilines is 1. The smallest absolute Gasteiger partial charge is 0.239 e. The number of carbonyl (C=O) groups excluding carboxylic acids is 2. The molecule has 2 amide bonds. The minimum Gasteiger partial charge on any atom is -0.508 e. The average Bonchev–Trinajstić information content (AvgIpc) is 3.52. The summed E-state index contributed by atoms with van der Waals surface area (Å²) >= 11 is 0. The van der Waals surface area contributed by atoms with Crippen molar-refractivity contribution >= 4 is 17.5 Å². The van der Waals surface area contributed by atoms with E-state index in [-0.39, 0.29) is 36.9 Å². The van der Waals surface area contributed by atoms with Crippen molar-refractivity contribution in [2.45, 2.75) is 45.1 Å². The Morgan fingerprint density at radius 1 is 0.978 bits per heavy atom. The molecule has 3 aromatic carbocycles. The molecule has 5 rings (SSSR count). The SMILES string of the molecule is C=C(C1CCN(C(C)=O)CC1)N(CCc1ccc2c(c1)OCO2)CC[C@H](Cc1ccccc1)NC(=O)CNc1cccc(O)c1. The van der Waals surface area contributed by atoms with Crippen molar-refractivity contribution in [1.29, 1.82) is 0 Å². The van der Waals surface area contributed by atoms with Crippen LogP contribution in [0, 0.1) is 5.92 Å². The molecule has 1 saturated heterocycles. The number of nitrogens with zero attached hydrogens (tertiary/aromatic N) is 2. The van der Waals surface area contributed by atoms with E-state index in [1.807, 2.05) is 41.3 Å². The second kappa shape index (κ2) is 15.4. The molecule has 0 aromatic heterocycles. The monoisotopic (exact) mass is 612 g/mol. The molecule has 1 fully saturated rings. The lowest BCUT2D eigenvalue weighted by Gasteiger charge is -2.38. The largest absolute Gasteiger partial charge is 0.508 e. The number of benzene rings is 3. The fourth-order valence-electron chi connectivity index (χ4n) is 6.06. The second-order valence-corrected chi connectivity index (χ2v) is 11.8. The number of nitrogens with one attached hydrogen (secondary N) is 2. The van der Waals surface area contributed by atoms with Crippen LogP contribution in [0.25, 0.3) is 0 Å². The molecule has 0 radical (unpaired) electrons.